The number of rotatable bonds is 3. The van der Waals surface area contributed by atoms with Crippen LogP contribution in [0.5, 0.6) is 0 Å². The second-order valence-electron chi connectivity index (χ2n) is 5.21. The van der Waals surface area contributed by atoms with Crippen LogP contribution in [0.3, 0.4) is 0 Å². The van der Waals surface area contributed by atoms with Gasteiger partial charge in [-0.1, -0.05) is 0 Å². The molecule has 1 saturated heterocycles. The highest BCUT2D eigenvalue weighted by molar-refractivity contribution is 7.99. The van der Waals surface area contributed by atoms with Gasteiger partial charge >= 0.3 is 0 Å². The Labute approximate surface area is 129 Å². The number of amides is 2. The predicted molar refractivity (Wildman–Crippen MR) is 86.7 cm³/mol. The van der Waals surface area contributed by atoms with Crippen molar-refractivity contribution in [2.45, 2.75) is 19.9 Å². The average molecular weight is 307 g/mol. The van der Waals surface area contributed by atoms with E-state index in [2.05, 4.69) is 5.32 Å². The van der Waals surface area contributed by atoms with Crippen LogP contribution in [-0.2, 0) is 4.79 Å². The summed E-state index contributed by atoms with van der Waals surface area (Å²) in [6.07, 6.45) is 0. The zero-order chi connectivity index (χ0) is 15.4. The fourth-order valence-electron chi connectivity index (χ4n) is 2.13. The van der Waals surface area contributed by atoms with Gasteiger partial charge in [-0.25, -0.2) is 0 Å². The van der Waals surface area contributed by atoms with Crippen LogP contribution >= 0.6 is 11.8 Å². The van der Waals surface area contributed by atoms with Gasteiger partial charge in [-0.05, 0) is 37.6 Å². The van der Waals surface area contributed by atoms with Crippen LogP contribution in [0.15, 0.2) is 18.2 Å². The molecule has 0 saturated carbocycles. The molecule has 114 valence electrons. The van der Waals surface area contributed by atoms with Crippen molar-refractivity contribution in [2.24, 2.45) is 5.73 Å². The number of aryl methyl sites for hydroxylation is 1. The van der Waals surface area contributed by atoms with E-state index in [1.54, 1.807) is 19.1 Å². The van der Waals surface area contributed by atoms with E-state index in [1.165, 1.54) is 0 Å². The number of benzene rings is 1. The third-order valence-electron chi connectivity index (χ3n) is 3.44. The molecule has 5 nitrogen and oxygen atoms in total. The summed E-state index contributed by atoms with van der Waals surface area (Å²) >= 11 is 1.87. The van der Waals surface area contributed by atoms with Gasteiger partial charge in [0.25, 0.3) is 5.91 Å². The molecule has 6 heteroatoms. The molecule has 1 aromatic carbocycles. The number of anilines is 1. The summed E-state index contributed by atoms with van der Waals surface area (Å²) in [6.45, 7) is 5.11. The van der Waals surface area contributed by atoms with Crippen molar-refractivity contribution < 1.29 is 9.59 Å². The van der Waals surface area contributed by atoms with E-state index in [1.807, 2.05) is 29.7 Å². The molecule has 1 fully saturated rings. The van der Waals surface area contributed by atoms with Crippen LogP contribution in [0.2, 0.25) is 0 Å². The molecular weight excluding hydrogens is 286 g/mol. The Hall–Kier alpha value is -1.53. The highest BCUT2D eigenvalue weighted by atomic mass is 32.2. The van der Waals surface area contributed by atoms with E-state index < -0.39 is 6.04 Å². The number of carbonyl (C=O) groups is 2. The smallest absolute Gasteiger partial charge is 0.253 e. The molecular formula is C15H21N3O2S. The van der Waals surface area contributed by atoms with E-state index in [4.69, 9.17) is 5.73 Å². The molecule has 0 bridgehead atoms. The van der Waals surface area contributed by atoms with E-state index in [-0.39, 0.29) is 11.8 Å². The molecule has 0 aromatic heterocycles. The molecule has 0 radical (unpaired) electrons. The van der Waals surface area contributed by atoms with Crippen molar-refractivity contribution in [3.63, 3.8) is 0 Å². The van der Waals surface area contributed by atoms with Crippen molar-refractivity contribution in [1.82, 2.24) is 4.90 Å². The largest absolute Gasteiger partial charge is 0.337 e. The fourth-order valence-corrected chi connectivity index (χ4v) is 3.04. The first kappa shape index (κ1) is 15.9. The van der Waals surface area contributed by atoms with Crippen LogP contribution in [0.4, 0.5) is 5.69 Å². The van der Waals surface area contributed by atoms with Gasteiger partial charge in [0.1, 0.15) is 0 Å². The third kappa shape index (κ3) is 3.98. The minimum atomic E-state index is -0.559. The molecule has 1 aliphatic rings. The monoisotopic (exact) mass is 307 g/mol. The Kier molecular flexibility index (Phi) is 5.25. The van der Waals surface area contributed by atoms with Gasteiger partial charge in [0.05, 0.1) is 6.04 Å². The highest BCUT2D eigenvalue weighted by Crippen LogP contribution is 2.19. The number of hydrogen-bond donors (Lipinski definition) is 2. The van der Waals surface area contributed by atoms with Crippen molar-refractivity contribution >= 4 is 29.3 Å². The Morgan fingerprint density at radius 1 is 1.33 bits per heavy atom. The zero-order valence-electron chi connectivity index (χ0n) is 12.4. The molecule has 2 rings (SSSR count). The summed E-state index contributed by atoms with van der Waals surface area (Å²) in [4.78, 5) is 25.9. The number of hydrogen-bond acceptors (Lipinski definition) is 4. The van der Waals surface area contributed by atoms with E-state index in [0.29, 0.717) is 11.3 Å². The van der Waals surface area contributed by atoms with Crippen molar-refractivity contribution in [3.05, 3.63) is 29.3 Å². The van der Waals surface area contributed by atoms with Gasteiger partial charge in [-0.3, -0.25) is 9.59 Å². The van der Waals surface area contributed by atoms with Crippen molar-refractivity contribution in [3.8, 4) is 0 Å². The van der Waals surface area contributed by atoms with E-state index in [0.717, 1.165) is 30.2 Å². The lowest BCUT2D eigenvalue weighted by Crippen LogP contribution is -2.38. The molecule has 1 atom stereocenters. The van der Waals surface area contributed by atoms with Crippen LogP contribution in [-0.4, -0.2) is 47.4 Å². The predicted octanol–water partition coefficient (Wildman–Crippen LogP) is 1.47. The first-order valence-corrected chi connectivity index (χ1v) is 8.18. The average Bonchev–Trinajstić information content (AvgIpc) is 2.49. The number of nitrogens with one attached hydrogen (secondary N) is 1. The lowest BCUT2D eigenvalue weighted by Gasteiger charge is -2.26. The molecule has 0 aliphatic carbocycles. The molecule has 3 N–H and O–H groups in total. The number of thioether (sulfide) groups is 1. The fraction of sp³-hybridized carbons (Fsp3) is 0.467. The molecule has 2 amide bonds. The van der Waals surface area contributed by atoms with Crippen molar-refractivity contribution in [2.75, 3.05) is 29.9 Å². The summed E-state index contributed by atoms with van der Waals surface area (Å²) in [5.41, 5.74) is 7.76. The van der Waals surface area contributed by atoms with Crippen LogP contribution in [0.1, 0.15) is 22.8 Å². The zero-order valence-corrected chi connectivity index (χ0v) is 13.2. The van der Waals surface area contributed by atoms with E-state index in [9.17, 15) is 9.59 Å². The maximum Gasteiger partial charge on any atom is 0.253 e. The Morgan fingerprint density at radius 3 is 2.57 bits per heavy atom. The van der Waals surface area contributed by atoms with Crippen molar-refractivity contribution in [1.29, 1.82) is 0 Å². The second kappa shape index (κ2) is 6.95. The SMILES string of the molecule is Cc1cc(C(=O)N2CCSCC2)ccc1NC(=O)[C@H](C)N. The summed E-state index contributed by atoms with van der Waals surface area (Å²) in [5.74, 6) is 1.81. The normalized spacial score (nSPS) is 16.4. The summed E-state index contributed by atoms with van der Waals surface area (Å²) in [5, 5.41) is 2.76. The molecule has 0 spiro atoms. The number of carbonyl (C=O) groups excluding carboxylic acids is 2. The molecule has 1 aliphatic heterocycles. The second-order valence-corrected chi connectivity index (χ2v) is 6.44. The first-order valence-electron chi connectivity index (χ1n) is 7.03. The first-order chi connectivity index (χ1) is 9.99. The Morgan fingerprint density at radius 2 is 2.00 bits per heavy atom. The molecule has 1 heterocycles. The van der Waals surface area contributed by atoms with Gasteiger partial charge in [0, 0.05) is 35.8 Å². The standard InChI is InChI=1S/C15H21N3O2S/c1-10-9-12(15(20)18-5-7-21-8-6-18)3-4-13(10)17-14(19)11(2)16/h3-4,9,11H,5-8,16H2,1-2H3,(H,17,19)/t11-/m0/s1. The Bertz CT molecular complexity index is 540. The lowest BCUT2D eigenvalue weighted by atomic mass is 10.1. The van der Waals surface area contributed by atoms with Crippen LogP contribution in [0.25, 0.3) is 0 Å². The van der Waals surface area contributed by atoms with Gasteiger partial charge in [-0.2, -0.15) is 11.8 Å². The number of nitrogens with two attached hydrogens (primary N) is 1. The maximum absolute atomic E-state index is 12.4. The summed E-state index contributed by atoms with van der Waals surface area (Å²) < 4.78 is 0. The quantitative estimate of drug-likeness (QED) is 0.887. The third-order valence-corrected chi connectivity index (χ3v) is 4.39. The molecule has 0 unspecified atom stereocenters. The van der Waals surface area contributed by atoms with Gasteiger partial charge in [0.15, 0.2) is 0 Å². The summed E-state index contributed by atoms with van der Waals surface area (Å²) in [6, 6.07) is 4.78. The summed E-state index contributed by atoms with van der Waals surface area (Å²) in [7, 11) is 0. The topological polar surface area (TPSA) is 75.4 Å². The highest BCUT2D eigenvalue weighted by Gasteiger charge is 2.19. The van der Waals surface area contributed by atoms with Gasteiger partial charge in [-0.15, -0.1) is 0 Å². The minimum Gasteiger partial charge on any atom is -0.337 e. The molecule has 21 heavy (non-hydrogen) atoms. The minimum absolute atomic E-state index is 0.0588. The Balaban J connectivity index is 2.11. The van der Waals surface area contributed by atoms with E-state index >= 15 is 0 Å². The van der Waals surface area contributed by atoms with Crippen LogP contribution in [0, 0.1) is 6.92 Å². The number of nitrogens with zero attached hydrogens (tertiary/aromatic N) is 1. The molecule has 1 aromatic rings. The lowest BCUT2D eigenvalue weighted by molar-refractivity contribution is -0.117. The van der Waals surface area contributed by atoms with Gasteiger partial charge < -0.3 is 16.0 Å². The maximum atomic E-state index is 12.4. The van der Waals surface area contributed by atoms with Gasteiger partial charge in [0.2, 0.25) is 5.91 Å². The van der Waals surface area contributed by atoms with Crippen LogP contribution < -0.4 is 11.1 Å².